The van der Waals surface area contributed by atoms with Gasteiger partial charge in [-0.3, -0.25) is 9.97 Å². The summed E-state index contributed by atoms with van der Waals surface area (Å²) in [6, 6.07) is 5.09. The molecular weight excluding hydrogens is 247 g/mol. The maximum absolute atomic E-state index is 10.1. The lowest BCUT2D eigenvalue weighted by Gasteiger charge is -2.12. The van der Waals surface area contributed by atoms with Gasteiger partial charge in [0.05, 0.1) is 21.9 Å². The lowest BCUT2D eigenvalue weighted by atomic mass is 10.1. The van der Waals surface area contributed by atoms with E-state index in [0.29, 0.717) is 21.3 Å². The summed E-state index contributed by atoms with van der Waals surface area (Å²) in [6.07, 6.45) is 3.62. The number of nitrogens with zero attached hydrogens (tertiary/aromatic N) is 2. The molecule has 1 atom stereocenters. The molecule has 0 aliphatic heterocycles. The van der Waals surface area contributed by atoms with E-state index in [9.17, 15) is 5.11 Å². The average Bonchev–Trinajstić information content (AvgIpc) is 2.33. The molecule has 1 heterocycles. The Labute approximate surface area is 103 Å². The third kappa shape index (κ3) is 2.16. The molecule has 2 aromatic rings. The maximum Gasteiger partial charge on any atom is 0.124 e. The van der Waals surface area contributed by atoms with Crippen LogP contribution in [0.4, 0.5) is 0 Å². The zero-order valence-corrected chi connectivity index (χ0v) is 9.65. The summed E-state index contributed by atoms with van der Waals surface area (Å²) in [6.45, 7) is 0. The molecule has 1 aromatic carbocycles. The van der Waals surface area contributed by atoms with Gasteiger partial charge < -0.3 is 5.11 Å². The lowest BCUT2D eigenvalue weighted by Crippen LogP contribution is -2.03. The molecule has 16 heavy (non-hydrogen) atoms. The molecule has 0 aliphatic carbocycles. The predicted molar refractivity (Wildman–Crippen MR) is 62.6 cm³/mol. The van der Waals surface area contributed by atoms with E-state index in [-0.39, 0.29) is 0 Å². The van der Waals surface area contributed by atoms with E-state index in [4.69, 9.17) is 23.2 Å². The molecule has 0 radical (unpaired) electrons. The highest BCUT2D eigenvalue weighted by molar-refractivity contribution is 6.42. The van der Waals surface area contributed by atoms with E-state index in [1.807, 2.05) is 0 Å². The predicted octanol–water partition coefficient (Wildman–Crippen LogP) is 2.87. The largest absolute Gasteiger partial charge is 0.382 e. The average molecular weight is 255 g/mol. The summed E-state index contributed by atoms with van der Waals surface area (Å²) >= 11 is 11.9. The molecule has 1 N–H and O–H groups in total. The Morgan fingerprint density at radius 2 is 2.00 bits per heavy atom. The fourth-order valence-corrected chi connectivity index (χ4v) is 1.75. The van der Waals surface area contributed by atoms with Crippen molar-refractivity contribution >= 4 is 23.2 Å². The highest BCUT2D eigenvalue weighted by Gasteiger charge is 2.16. The smallest absolute Gasteiger partial charge is 0.124 e. The number of rotatable bonds is 2. The third-order valence-corrected chi connectivity index (χ3v) is 2.97. The molecule has 0 saturated heterocycles. The molecule has 0 saturated carbocycles. The SMILES string of the molecule is OC(c1cnccn1)c1cccc(Cl)c1Cl. The summed E-state index contributed by atoms with van der Waals surface area (Å²) in [7, 11) is 0. The van der Waals surface area contributed by atoms with E-state index < -0.39 is 6.10 Å². The first-order chi connectivity index (χ1) is 7.70. The molecule has 0 spiro atoms. The summed E-state index contributed by atoms with van der Waals surface area (Å²) in [5, 5.41) is 10.8. The summed E-state index contributed by atoms with van der Waals surface area (Å²) in [5.74, 6) is 0. The molecule has 2 rings (SSSR count). The Balaban J connectivity index is 2.42. The first-order valence-corrected chi connectivity index (χ1v) is 5.33. The van der Waals surface area contributed by atoms with Crippen LogP contribution in [-0.4, -0.2) is 15.1 Å². The van der Waals surface area contributed by atoms with E-state index in [1.165, 1.54) is 18.6 Å². The molecule has 1 unspecified atom stereocenters. The lowest BCUT2D eigenvalue weighted by molar-refractivity contribution is 0.215. The molecule has 82 valence electrons. The molecule has 0 fully saturated rings. The Bertz CT molecular complexity index is 491. The van der Waals surface area contributed by atoms with Crippen LogP contribution in [0, 0.1) is 0 Å². The Morgan fingerprint density at radius 3 is 2.69 bits per heavy atom. The second-order valence-electron chi connectivity index (χ2n) is 3.18. The van der Waals surface area contributed by atoms with Crippen molar-refractivity contribution in [3.63, 3.8) is 0 Å². The highest BCUT2D eigenvalue weighted by Crippen LogP contribution is 2.31. The first kappa shape index (κ1) is 11.3. The van der Waals surface area contributed by atoms with Crippen LogP contribution in [0.3, 0.4) is 0 Å². The van der Waals surface area contributed by atoms with E-state index >= 15 is 0 Å². The van der Waals surface area contributed by atoms with Crippen LogP contribution in [0.5, 0.6) is 0 Å². The number of hydrogen-bond donors (Lipinski definition) is 1. The molecule has 0 amide bonds. The number of aromatic nitrogens is 2. The number of aliphatic hydroxyl groups is 1. The van der Waals surface area contributed by atoms with Gasteiger partial charge in [0.2, 0.25) is 0 Å². The highest BCUT2D eigenvalue weighted by atomic mass is 35.5. The van der Waals surface area contributed by atoms with Crippen LogP contribution in [0.1, 0.15) is 17.4 Å². The third-order valence-electron chi connectivity index (χ3n) is 2.14. The van der Waals surface area contributed by atoms with Gasteiger partial charge in [0, 0.05) is 18.0 Å². The van der Waals surface area contributed by atoms with Crippen LogP contribution >= 0.6 is 23.2 Å². The summed E-state index contributed by atoms with van der Waals surface area (Å²) in [4.78, 5) is 7.90. The van der Waals surface area contributed by atoms with Crippen molar-refractivity contribution in [1.29, 1.82) is 0 Å². The van der Waals surface area contributed by atoms with Crippen LogP contribution < -0.4 is 0 Å². The number of hydrogen-bond acceptors (Lipinski definition) is 3. The Morgan fingerprint density at radius 1 is 1.19 bits per heavy atom. The van der Waals surface area contributed by atoms with Gasteiger partial charge in [-0.2, -0.15) is 0 Å². The Hall–Kier alpha value is -1.16. The van der Waals surface area contributed by atoms with Gasteiger partial charge in [0.25, 0.3) is 0 Å². The molecule has 5 heteroatoms. The van der Waals surface area contributed by atoms with Crippen molar-refractivity contribution in [2.24, 2.45) is 0 Å². The molecular formula is C11H8Cl2N2O. The van der Waals surface area contributed by atoms with Crippen molar-refractivity contribution < 1.29 is 5.11 Å². The molecule has 0 aliphatic rings. The van der Waals surface area contributed by atoms with E-state index in [0.717, 1.165) is 0 Å². The van der Waals surface area contributed by atoms with Crippen LogP contribution in [0.2, 0.25) is 10.0 Å². The monoisotopic (exact) mass is 254 g/mol. The second kappa shape index (κ2) is 4.78. The number of halogens is 2. The molecule has 0 bridgehead atoms. The fraction of sp³-hybridized carbons (Fsp3) is 0.0909. The van der Waals surface area contributed by atoms with Crippen molar-refractivity contribution in [2.45, 2.75) is 6.10 Å². The minimum absolute atomic E-state index is 0.335. The standard InChI is InChI=1S/C11H8Cl2N2O/c12-8-3-1-2-7(10(8)13)11(16)9-6-14-4-5-15-9/h1-6,11,16H. The summed E-state index contributed by atoms with van der Waals surface area (Å²) < 4.78 is 0. The van der Waals surface area contributed by atoms with Crippen molar-refractivity contribution in [3.8, 4) is 0 Å². The molecule has 1 aromatic heterocycles. The fourth-order valence-electron chi connectivity index (χ4n) is 1.34. The number of benzene rings is 1. The maximum atomic E-state index is 10.1. The van der Waals surface area contributed by atoms with Gasteiger partial charge in [-0.25, -0.2) is 0 Å². The van der Waals surface area contributed by atoms with Crippen LogP contribution in [0.25, 0.3) is 0 Å². The number of aliphatic hydroxyl groups excluding tert-OH is 1. The van der Waals surface area contributed by atoms with Gasteiger partial charge in [-0.1, -0.05) is 35.3 Å². The second-order valence-corrected chi connectivity index (χ2v) is 3.96. The molecule has 3 nitrogen and oxygen atoms in total. The van der Waals surface area contributed by atoms with Crippen LogP contribution in [-0.2, 0) is 0 Å². The van der Waals surface area contributed by atoms with Crippen LogP contribution in [0.15, 0.2) is 36.8 Å². The van der Waals surface area contributed by atoms with E-state index in [2.05, 4.69) is 9.97 Å². The Kier molecular flexibility index (Phi) is 3.39. The quantitative estimate of drug-likeness (QED) is 0.897. The first-order valence-electron chi connectivity index (χ1n) is 4.58. The normalized spacial score (nSPS) is 12.4. The van der Waals surface area contributed by atoms with Gasteiger partial charge in [0.15, 0.2) is 0 Å². The summed E-state index contributed by atoms with van der Waals surface area (Å²) in [5.41, 5.74) is 0.960. The van der Waals surface area contributed by atoms with Crippen molar-refractivity contribution in [3.05, 3.63) is 58.1 Å². The van der Waals surface area contributed by atoms with Crippen molar-refractivity contribution in [1.82, 2.24) is 9.97 Å². The van der Waals surface area contributed by atoms with Gasteiger partial charge >= 0.3 is 0 Å². The van der Waals surface area contributed by atoms with Gasteiger partial charge in [-0.15, -0.1) is 0 Å². The minimum atomic E-state index is -0.917. The van der Waals surface area contributed by atoms with E-state index in [1.54, 1.807) is 18.2 Å². The van der Waals surface area contributed by atoms with Crippen molar-refractivity contribution in [2.75, 3.05) is 0 Å². The van der Waals surface area contributed by atoms with Gasteiger partial charge in [0.1, 0.15) is 6.10 Å². The zero-order valence-electron chi connectivity index (χ0n) is 8.14. The topological polar surface area (TPSA) is 46.0 Å². The minimum Gasteiger partial charge on any atom is -0.382 e. The van der Waals surface area contributed by atoms with Gasteiger partial charge in [-0.05, 0) is 6.07 Å². The zero-order chi connectivity index (χ0) is 11.5.